The Kier molecular flexibility index (Phi) is 2.58. The van der Waals surface area contributed by atoms with Gasteiger partial charge < -0.3 is 10.00 Å². The van der Waals surface area contributed by atoms with Gasteiger partial charge in [-0.3, -0.25) is 4.79 Å². The minimum Gasteiger partial charge on any atom is -0.507 e. The van der Waals surface area contributed by atoms with Crippen molar-refractivity contribution in [3.8, 4) is 5.75 Å². The highest BCUT2D eigenvalue weighted by Crippen LogP contribution is 2.15. The summed E-state index contributed by atoms with van der Waals surface area (Å²) in [5.41, 5.74) is 0.458. The average Bonchev–Trinajstić information content (AvgIpc) is 2.05. The van der Waals surface area contributed by atoms with Gasteiger partial charge in [0.15, 0.2) is 0 Å². The lowest BCUT2D eigenvalue weighted by molar-refractivity contribution is 0.112. The monoisotopic (exact) mass is 170 g/mol. The number of benzene rings is 1. The van der Waals surface area contributed by atoms with E-state index in [1.165, 1.54) is 18.2 Å². The molecule has 3 nitrogen and oxygen atoms in total. The Balaban J connectivity index is 3.12. The number of carbonyl (C=O) groups excluding carboxylic acids is 1. The van der Waals surface area contributed by atoms with Crippen molar-refractivity contribution in [3.63, 3.8) is 0 Å². The molecule has 1 aromatic carbocycles. The number of hydrogen-bond donors (Lipinski definition) is 2. The number of aromatic hydroxyl groups is 1. The van der Waals surface area contributed by atoms with Crippen LogP contribution in [0.15, 0.2) is 18.2 Å². The molecular weight excluding hydrogens is 163 g/mol. The standard InChI is InChI=1S/C7H7O3P/c8-4-5-1-2-6(9)7(3-5)11-10/h1-4,9-11H. The van der Waals surface area contributed by atoms with E-state index >= 15 is 0 Å². The SMILES string of the molecule is O=Cc1ccc(O)c(PO)c1. The van der Waals surface area contributed by atoms with Crippen molar-refractivity contribution in [2.24, 2.45) is 0 Å². The zero-order valence-corrected chi connectivity index (χ0v) is 6.61. The summed E-state index contributed by atoms with van der Waals surface area (Å²) >= 11 is 0. The van der Waals surface area contributed by atoms with E-state index in [1.54, 1.807) is 0 Å². The first-order valence-corrected chi connectivity index (χ1v) is 3.91. The van der Waals surface area contributed by atoms with E-state index in [4.69, 9.17) is 10.00 Å². The fraction of sp³-hybridized carbons (Fsp3) is 0. The van der Waals surface area contributed by atoms with Gasteiger partial charge in [-0.25, -0.2) is 0 Å². The highest BCUT2D eigenvalue weighted by atomic mass is 31.1. The predicted octanol–water partition coefficient (Wildman–Crippen LogP) is 0.416. The maximum atomic E-state index is 10.2. The van der Waals surface area contributed by atoms with Gasteiger partial charge in [0, 0.05) is 19.7 Å². The molecule has 0 bridgehead atoms. The van der Waals surface area contributed by atoms with Crippen LogP contribution in [0.3, 0.4) is 0 Å². The van der Waals surface area contributed by atoms with E-state index in [0.717, 1.165) is 0 Å². The van der Waals surface area contributed by atoms with Gasteiger partial charge in [0.1, 0.15) is 12.0 Å². The minimum atomic E-state index is -0.481. The van der Waals surface area contributed by atoms with Crippen LogP contribution < -0.4 is 5.30 Å². The quantitative estimate of drug-likeness (QED) is 0.499. The number of carbonyl (C=O) groups is 1. The first-order chi connectivity index (χ1) is 5.27. The molecule has 0 aliphatic heterocycles. The number of hydrogen-bond acceptors (Lipinski definition) is 3. The van der Waals surface area contributed by atoms with Crippen molar-refractivity contribution < 1.29 is 14.8 Å². The molecule has 0 saturated heterocycles. The summed E-state index contributed by atoms with van der Waals surface area (Å²) in [5, 5.41) is 9.46. The van der Waals surface area contributed by atoms with Crippen LogP contribution in [0.1, 0.15) is 10.4 Å². The summed E-state index contributed by atoms with van der Waals surface area (Å²) in [4.78, 5) is 18.9. The van der Waals surface area contributed by atoms with Crippen LogP contribution in [0.4, 0.5) is 0 Å². The van der Waals surface area contributed by atoms with Gasteiger partial charge in [0.05, 0.1) is 0 Å². The van der Waals surface area contributed by atoms with E-state index in [1.807, 2.05) is 0 Å². The lowest BCUT2D eigenvalue weighted by Gasteiger charge is -1.99. The van der Waals surface area contributed by atoms with Gasteiger partial charge in [-0.15, -0.1) is 0 Å². The maximum absolute atomic E-state index is 10.2. The molecule has 1 atom stereocenters. The van der Waals surface area contributed by atoms with Gasteiger partial charge in [-0.2, -0.15) is 0 Å². The number of phenols is 1. The Morgan fingerprint density at radius 2 is 2.18 bits per heavy atom. The second-order valence-electron chi connectivity index (χ2n) is 2.01. The second kappa shape index (κ2) is 3.46. The molecule has 11 heavy (non-hydrogen) atoms. The van der Waals surface area contributed by atoms with Crippen molar-refractivity contribution in [2.45, 2.75) is 0 Å². The predicted molar refractivity (Wildman–Crippen MR) is 43.7 cm³/mol. The highest BCUT2D eigenvalue weighted by molar-refractivity contribution is 7.41. The zero-order chi connectivity index (χ0) is 8.27. The van der Waals surface area contributed by atoms with Crippen molar-refractivity contribution in [3.05, 3.63) is 23.8 Å². The number of rotatable bonds is 2. The van der Waals surface area contributed by atoms with Crippen molar-refractivity contribution in [1.82, 2.24) is 0 Å². The first kappa shape index (κ1) is 8.18. The average molecular weight is 170 g/mol. The Hall–Kier alpha value is -0.920. The molecular formula is C7H7O3P. The Morgan fingerprint density at radius 3 is 2.73 bits per heavy atom. The molecule has 1 rings (SSSR count). The lowest BCUT2D eigenvalue weighted by Crippen LogP contribution is -1.96. The van der Waals surface area contributed by atoms with Crippen LogP contribution >= 0.6 is 8.81 Å². The minimum absolute atomic E-state index is 0.0245. The van der Waals surface area contributed by atoms with Crippen LogP contribution in [-0.4, -0.2) is 16.3 Å². The lowest BCUT2D eigenvalue weighted by atomic mass is 10.2. The molecule has 0 aliphatic rings. The molecule has 58 valence electrons. The largest absolute Gasteiger partial charge is 0.507 e. The normalized spacial score (nSPS) is 10.6. The van der Waals surface area contributed by atoms with Crippen LogP contribution in [0, 0.1) is 0 Å². The van der Waals surface area contributed by atoms with Crippen LogP contribution in [0.25, 0.3) is 0 Å². The summed E-state index contributed by atoms with van der Waals surface area (Å²) in [6, 6.07) is 4.34. The van der Waals surface area contributed by atoms with Crippen LogP contribution in [0.5, 0.6) is 5.75 Å². The Labute approximate surface area is 65.5 Å². The molecule has 0 fully saturated rings. The topological polar surface area (TPSA) is 57.5 Å². The second-order valence-corrected chi connectivity index (χ2v) is 2.77. The molecule has 0 radical (unpaired) electrons. The Bertz CT molecular complexity index is 272. The van der Waals surface area contributed by atoms with E-state index in [9.17, 15) is 4.79 Å². The molecule has 0 aromatic heterocycles. The zero-order valence-electron chi connectivity index (χ0n) is 5.61. The van der Waals surface area contributed by atoms with E-state index in [2.05, 4.69) is 0 Å². The summed E-state index contributed by atoms with van der Waals surface area (Å²) in [6.07, 6.45) is 0.670. The van der Waals surface area contributed by atoms with Crippen molar-refractivity contribution >= 4 is 20.4 Å². The van der Waals surface area contributed by atoms with Gasteiger partial charge >= 0.3 is 0 Å². The molecule has 0 amide bonds. The van der Waals surface area contributed by atoms with Crippen molar-refractivity contribution in [2.75, 3.05) is 0 Å². The smallest absolute Gasteiger partial charge is 0.150 e. The van der Waals surface area contributed by atoms with Gasteiger partial charge in [0.25, 0.3) is 0 Å². The van der Waals surface area contributed by atoms with Gasteiger partial charge in [-0.1, -0.05) is 0 Å². The number of aldehydes is 1. The molecule has 0 aliphatic carbocycles. The van der Waals surface area contributed by atoms with Gasteiger partial charge in [-0.05, 0) is 18.2 Å². The molecule has 1 unspecified atom stereocenters. The Morgan fingerprint density at radius 1 is 1.45 bits per heavy atom. The number of phenolic OH excluding ortho intramolecular Hbond substituents is 1. The molecule has 4 heteroatoms. The summed E-state index contributed by atoms with van der Waals surface area (Å²) in [6.45, 7) is 0. The summed E-state index contributed by atoms with van der Waals surface area (Å²) < 4.78 is 0. The third kappa shape index (κ3) is 1.76. The van der Waals surface area contributed by atoms with Crippen LogP contribution in [0.2, 0.25) is 0 Å². The van der Waals surface area contributed by atoms with Gasteiger partial charge in [0.2, 0.25) is 0 Å². The van der Waals surface area contributed by atoms with E-state index in [-0.39, 0.29) is 5.75 Å². The van der Waals surface area contributed by atoms with E-state index in [0.29, 0.717) is 17.2 Å². The highest BCUT2D eigenvalue weighted by Gasteiger charge is 1.99. The molecule has 0 heterocycles. The van der Waals surface area contributed by atoms with Crippen LogP contribution in [-0.2, 0) is 0 Å². The molecule has 0 saturated carbocycles. The molecule has 2 N–H and O–H groups in total. The summed E-state index contributed by atoms with van der Waals surface area (Å²) in [5.74, 6) is 0.0245. The van der Waals surface area contributed by atoms with E-state index < -0.39 is 8.81 Å². The fourth-order valence-corrected chi connectivity index (χ4v) is 1.15. The fourth-order valence-electron chi connectivity index (χ4n) is 0.717. The summed E-state index contributed by atoms with van der Waals surface area (Å²) in [7, 11) is -0.481. The third-order valence-electron chi connectivity index (χ3n) is 1.28. The third-order valence-corrected chi connectivity index (χ3v) is 1.92. The molecule has 0 spiro atoms. The maximum Gasteiger partial charge on any atom is 0.150 e. The first-order valence-electron chi connectivity index (χ1n) is 2.96. The molecule has 1 aromatic rings. The van der Waals surface area contributed by atoms with Crippen molar-refractivity contribution in [1.29, 1.82) is 0 Å².